The molecule has 3 heteroatoms. The molecule has 2 aromatic carbocycles. The average molecular weight is 291 g/mol. The standard InChI is InChI=1S/C14H15BrN2/c1-17(11-6-3-2-4-7-11)14-9-5-8-13(15)12(14)10-16/h2-9H,10,16H2,1H3. The van der Waals surface area contributed by atoms with E-state index in [-0.39, 0.29) is 0 Å². The monoisotopic (exact) mass is 290 g/mol. The molecule has 0 saturated heterocycles. The molecule has 0 fully saturated rings. The summed E-state index contributed by atoms with van der Waals surface area (Å²) < 4.78 is 1.06. The van der Waals surface area contributed by atoms with Crippen molar-refractivity contribution in [3.8, 4) is 0 Å². The molecule has 0 atom stereocenters. The van der Waals surface area contributed by atoms with E-state index in [1.54, 1.807) is 0 Å². The van der Waals surface area contributed by atoms with Crippen molar-refractivity contribution in [1.29, 1.82) is 0 Å². The number of rotatable bonds is 3. The Labute approximate surface area is 110 Å². The Morgan fingerprint density at radius 3 is 2.41 bits per heavy atom. The lowest BCUT2D eigenvalue weighted by atomic mass is 10.1. The lowest BCUT2D eigenvalue weighted by molar-refractivity contribution is 1.04. The number of nitrogens with zero attached hydrogens (tertiary/aromatic N) is 1. The fourth-order valence-corrected chi connectivity index (χ4v) is 2.37. The summed E-state index contributed by atoms with van der Waals surface area (Å²) in [5.41, 5.74) is 9.22. The van der Waals surface area contributed by atoms with E-state index in [4.69, 9.17) is 5.73 Å². The minimum absolute atomic E-state index is 0.522. The van der Waals surface area contributed by atoms with Gasteiger partial charge in [0, 0.05) is 35.0 Å². The molecule has 2 N–H and O–H groups in total. The summed E-state index contributed by atoms with van der Waals surface area (Å²) in [5.74, 6) is 0. The fraction of sp³-hybridized carbons (Fsp3) is 0.143. The van der Waals surface area contributed by atoms with Gasteiger partial charge in [-0.05, 0) is 24.3 Å². The van der Waals surface area contributed by atoms with Gasteiger partial charge in [-0.2, -0.15) is 0 Å². The van der Waals surface area contributed by atoms with E-state index in [0.29, 0.717) is 6.54 Å². The predicted octanol–water partition coefficient (Wildman–Crippen LogP) is 3.68. The Bertz CT molecular complexity index is 497. The lowest BCUT2D eigenvalue weighted by Crippen LogP contribution is -2.13. The molecule has 0 bridgehead atoms. The second-order valence-electron chi connectivity index (χ2n) is 3.84. The van der Waals surface area contributed by atoms with Gasteiger partial charge in [0.2, 0.25) is 0 Å². The van der Waals surface area contributed by atoms with E-state index in [1.807, 2.05) is 30.3 Å². The highest BCUT2D eigenvalue weighted by Gasteiger charge is 2.10. The van der Waals surface area contributed by atoms with Gasteiger partial charge >= 0.3 is 0 Å². The highest BCUT2D eigenvalue weighted by Crippen LogP contribution is 2.31. The van der Waals surface area contributed by atoms with Crippen LogP contribution in [0.15, 0.2) is 53.0 Å². The molecule has 0 spiro atoms. The number of hydrogen-bond acceptors (Lipinski definition) is 2. The molecule has 17 heavy (non-hydrogen) atoms. The van der Waals surface area contributed by atoms with Gasteiger partial charge in [-0.3, -0.25) is 0 Å². The van der Waals surface area contributed by atoms with Gasteiger partial charge in [0.15, 0.2) is 0 Å². The van der Waals surface area contributed by atoms with Crippen molar-refractivity contribution < 1.29 is 0 Å². The summed E-state index contributed by atoms with van der Waals surface area (Å²) in [6.07, 6.45) is 0. The average Bonchev–Trinajstić information content (AvgIpc) is 2.38. The number of anilines is 2. The Hall–Kier alpha value is -1.32. The minimum Gasteiger partial charge on any atom is -0.344 e. The number of para-hydroxylation sites is 1. The first-order chi connectivity index (χ1) is 8.24. The third kappa shape index (κ3) is 2.51. The molecular formula is C14H15BrN2. The topological polar surface area (TPSA) is 29.3 Å². The summed E-state index contributed by atoms with van der Waals surface area (Å²) >= 11 is 3.54. The van der Waals surface area contributed by atoms with E-state index in [1.165, 1.54) is 0 Å². The molecule has 0 aliphatic carbocycles. The first-order valence-corrected chi connectivity index (χ1v) is 6.29. The molecule has 0 heterocycles. The van der Waals surface area contributed by atoms with Crippen LogP contribution in [0.2, 0.25) is 0 Å². The molecule has 2 nitrogen and oxygen atoms in total. The first kappa shape index (κ1) is 12.1. The number of benzene rings is 2. The van der Waals surface area contributed by atoms with Gasteiger partial charge in [-0.25, -0.2) is 0 Å². The van der Waals surface area contributed by atoms with Gasteiger partial charge in [-0.15, -0.1) is 0 Å². The minimum atomic E-state index is 0.522. The van der Waals surface area contributed by atoms with Crippen LogP contribution in [0.5, 0.6) is 0 Å². The van der Waals surface area contributed by atoms with Crippen LogP contribution in [0.25, 0.3) is 0 Å². The lowest BCUT2D eigenvalue weighted by Gasteiger charge is -2.23. The second-order valence-corrected chi connectivity index (χ2v) is 4.69. The van der Waals surface area contributed by atoms with Crippen molar-refractivity contribution in [3.63, 3.8) is 0 Å². The maximum absolute atomic E-state index is 5.81. The molecule has 0 aromatic heterocycles. The quantitative estimate of drug-likeness (QED) is 0.934. The first-order valence-electron chi connectivity index (χ1n) is 5.50. The van der Waals surface area contributed by atoms with Crippen molar-refractivity contribution in [2.24, 2.45) is 5.73 Å². The van der Waals surface area contributed by atoms with Crippen LogP contribution in [-0.2, 0) is 6.54 Å². The van der Waals surface area contributed by atoms with Crippen LogP contribution in [0.1, 0.15) is 5.56 Å². The molecule has 0 amide bonds. The molecule has 88 valence electrons. The third-order valence-electron chi connectivity index (χ3n) is 2.80. The van der Waals surface area contributed by atoms with Gasteiger partial charge in [-0.1, -0.05) is 40.2 Å². The molecule has 0 radical (unpaired) electrons. The van der Waals surface area contributed by atoms with Crippen molar-refractivity contribution in [3.05, 3.63) is 58.6 Å². The zero-order valence-electron chi connectivity index (χ0n) is 9.73. The van der Waals surface area contributed by atoms with Crippen LogP contribution in [0.3, 0.4) is 0 Å². The Balaban J connectivity index is 2.44. The van der Waals surface area contributed by atoms with Crippen molar-refractivity contribution in [2.45, 2.75) is 6.54 Å². The second kappa shape index (κ2) is 5.34. The molecule has 0 aliphatic rings. The Morgan fingerprint density at radius 1 is 1.06 bits per heavy atom. The van der Waals surface area contributed by atoms with Gasteiger partial charge < -0.3 is 10.6 Å². The summed E-state index contributed by atoms with van der Waals surface area (Å²) in [5, 5.41) is 0. The van der Waals surface area contributed by atoms with Crippen LogP contribution < -0.4 is 10.6 Å². The van der Waals surface area contributed by atoms with Gasteiger partial charge in [0.25, 0.3) is 0 Å². The zero-order valence-corrected chi connectivity index (χ0v) is 11.3. The molecule has 0 saturated carbocycles. The Morgan fingerprint density at radius 2 is 1.76 bits per heavy atom. The largest absolute Gasteiger partial charge is 0.344 e. The van der Waals surface area contributed by atoms with Crippen molar-refractivity contribution in [1.82, 2.24) is 0 Å². The molecular weight excluding hydrogens is 276 g/mol. The maximum Gasteiger partial charge on any atom is 0.0465 e. The zero-order chi connectivity index (χ0) is 12.3. The fourth-order valence-electron chi connectivity index (χ4n) is 1.85. The van der Waals surface area contributed by atoms with E-state index in [9.17, 15) is 0 Å². The Kier molecular flexibility index (Phi) is 3.82. The van der Waals surface area contributed by atoms with E-state index < -0.39 is 0 Å². The highest BCUT2D eigenvalue weighted by atomic mass is 79.9. The number of halogens is 1. The van der Waals surface area contributed by atoms with Gasteiger partial charge in [0.05, 0.1) is 0 Å². The number of hydrogen-bond donors (Lipinski definition) is 1. The van der Waals surface area contributed by atoms with Crippen LogP contribution in [-0.4, -0.2) is 7.05 Å². The van der Waals surface area contributed by atoms with Gasteiger partial charge in [0.1, 0.15) is 0 Å². The van der Waals surface area contributed by atoms with Crippen molar-refractivity contribution >= 4 is 27.3 Å². The summed E-state index contributed by atoms with van der Waals surface area (Å²) in [7, 11) is 2.05. The summed E-state index contributed by atoms with van der Waals surface area (Å²) in [6.45, 7) is 0.522. The van der Waals surface area contributed by atoms with Crippen LogP contribution in [0, 0.1) is 0 Å². The summed E-state index contributed by atoms with van der Waals surface area (Å²) in [4.78, 5) is 2.15. The molecule has 2 aromatic rings. The highest BCUT2D eigenvalue weighted by molar-refractivity contribution is 9.10. The normalized spacial score (nSPS) is 10.3. The third-order valence-corrected chi connectivity index (χ3v) is 3.55. The van der Waals surface area contributed by atoms with Crippen LogP contribution >= 0.6 is 15.9 Å². The van der Waals surface area contributed by atoms with E-state index in [2.05, 4.69) is 46.1 Å². The van der Waals surface area contributed by atoms with E-state index in [0.717, 1.165) is 21.4 Å². The number of nitrogens with two attached hydrogens (primary N) is 1. The van der Waals surface area contributed by atoms with Crippen LogP contribution in [0.4, 0.5) is 11.4 Å². The predicted molar refractivity (Wildman–Crippen MR) is 76.5 cm³/mol. The SMILES string of the molecule is CN(c1ccccc1)c1cccc(Br)c1CN. The summed E-state index contributed by atoms with van der Waals surface area (Å²) in [6, 6.07) is 16.4. The van der Waals surface area contributed by atoms with E-state index >= 15 is 0 Å². The maximum atomic E-state index is 5.81. The molecule has 2 rings (SSSR count). The molecule has 0 unspecified atom stereocenters. The molecule has 0 aliphatic heterocycles. The smallest absolute Gasteiger partial charge is 0.0465 e. The van der Waals surface area contributed by atoms with Crippen molar-refractivity contribution in [2.75, 3.05) is 11.9 Å².